The van der Waals surface area contributed by atoms with E-state index in [1.54, 1.807) is 31.2 Å². The normalized spacial score (nSPS) is 13.6. The summed E-state index contributed by atoms with van der Waals surface area (Å²) in [7, 11) is -3.82. The van der Waals surface area contributed by atoms with Crippen LogP contribution in [0.4, 0.5) is 0 Å². The number of phenols is 1. The van der Waals surface area contributed by atoms with E-state index in [2.05, 4.69) is 136 Å². The van der Waals surface area contributed by atoms with Crippen molar-refractivity contribution in [2.45, 2.75) is 109 Å². The van der Waals surface area contributed by atoms with Gasteiger partial charge in [-0.2, -0.15) is 0 Å². The van der Waals surface area contributed by atoms with E-state index in [0.29, 0.717) is 34.7 Å². The first kappa shape index (κ1) is 57.5. The highest BCUT2D eigenvalue weighted by Gasteiger charge is 2.40. The summed E-state index contributed by atoms with van der Waals surface area (Å²) in [5.74, 6) is 4.74. The number of benzene rings is 9. The van der Waals surface area contributed by atoms with Crippen molar-refractivity contribution in [3.63, 3.8) is 0 Å². The Labute approximate surface area is 488 Å². The maximum Gasteiger partial charge on any atom is 0.338 e. The van der Waals surface area contributed by atoms with Gasteiger partial charge in [0.25, 0.3) is 0 Å². The van der Waals surface area contributed by atoms with Gasteiger partial charge in [0.05, 0.1) is 10.6 Å². The Balaban J connectivity index is 0.795. The van der Waals surface area contributed by atoms with Crippen LogP contribution < -0.4 is 38.8 Å². The Hall–Kier alpha value is -8.78. The molecule has 1 aliphatic rings. The molecule has 0 bridgehead atoms. The summed E-state index contributed by atoms with van der Waals surface area (Å²) in [4.78, 5) is 12.6. The van der Waals surface area contributed by atoms with Crippen molar-refractivity contribution in [1.82, 2.24) is 0 Å². The van der Waals surface area contributed by atoms with Gasteiger partial charge in [0.15, 0.2) is 0 Å². The molecule has 1 unspecified atom stereocenters. The number of carbonyl (C=O) groups is 1. The van der Waals surface area contributed by atoms with Crippen molar-refractivity contribution in [3.8, 4) is 85.1 Å². The molecule has 0 saturated heterocycles. The van der Waals surface area contributed by atoms with Gasteiger partial charge >= 0.3 is 13.3 Å². The summed E-state index contributed by atoms with van der Waals surface area (Å²) < 4.78 is 54.0. The van der Waals surface area contributed by atoms with E-state index in [0.717, 1.165) is 123 Å². The summed E-state index contributed by atoms with van der Waals surface area (Å²) in [6.07, 6.45) is 0.687. The lowest BCUT2D eigenvalue weighted by atomic mass is 9.88. The molecule has 1 atom stereocenters. The first-order valence-corrected chi connectivity index (χ1v) is 29.6. The average molecular weight is 1120 g/mol. The van der Waals surface area contributed by atoms with Crippen molar-refractivity contribution < 1.29 is 42.7 Å². The van der Waals surface area contributed by atoms with Gasteiger partial charge in [0, 0.05) is 17.6 Å². The van der Waals surface area contributed by atoms with Crippen molar-refractivity contribution in [1.29, 1.82) is 0 Å². The van der Waals surface area contributed by atoms with Gasteiger partial charge < -0.3 is 33.3 Å². The number of aryl methyl sites for hydroxylation is 6. The monoisotopic (exact) mass is 1120 g/mol. The number of hydrogen-bond acceptors (Lipinski definition) is 9. The quantitative estimate of drug-likeness (QED) is 0.0438. The molecule has 0 fully saturated rings. The van der Waals surface area contributed by atoms with Crippen LogP contribution in [0.15, 0.2) is 164 Å². The number of hydrogen-bond donors (Lipinski definition) is 1. The SMILES string of the molecule is C=C(C)C(=O)Oc1ccc(OCc2ccc(-c3ccc(CC(C)(C)Oc4c(C)cc(Oc5c(C)cc(-c6cc(C)c(Oc7cc(C)c(O)c(C)c7)c(C)c6C)c(C)c5C)cc4C)cc3)cc2)c(P2(=O)Oc3ccccc3-c3ccccc32)c1. The molecule has 9 aromatic rings. The largest absolute Gasteiger partial charge is 0.507 e. The molecule has 1 aliphatic heterocycles. The molecule has 9 aromatic carbocycles. The maximum absolute atomic E-state index is 15.3. The number of fused-ring (bicyclic) bond motifs is 3. The second kappa shape index (κ2) is 22.9. The molecule has 1 N–H and O–H groups in total. The smallest absolute Gasteiger partial charge is 0.338 e. The molecule has 0 saturated carbocycles. The van der Waals surface area contributed by atoms with Crippen molar-refractivity contribution in [2.75, 3.05) is 0 Å². The molecule has 1 heterocycles. The van der Waals surface area contributed by atoms with Crippen molar-refractivity contribution >= 4 is 23.9 Å². The van der Waals surface area contributed by atoms with Crippen LogP contribution >= 0.6 is 7.37 Å². The van der Waals surface area contributed by atoms with Gasteiger partial charge in [0.2, 0.25) is 0 Å². The van der Waals surface area contributed by atoms with Crippen LogP contribution in [-0.2, 0) is 22.4 Å². The second-order valence-electron chi connectivity index (χ2n) is 22.8. The van der Waals surface area contributed by atoms with E-state index in [1.807, 2.05) is 80.6 Å². The van der Waals surface area contributed by atoms with Gasteiger partial charge in [-0.15, -0.1) is 0 Å². The Kier molecular flexibility index (Phi) is 15.8. The summed E-state index contributed by atoms with van der Waals surface area (Å²) in [6, 6.07) is 49.0. The predicted molar refractivity (Wildman–Crippen MR) is 335 cm³/mol. The Morgan fingerprint density at radius 1 is 0.530 bits per heavy atom. The maximum atomic E-state index is 15.3. The van der Waals surface area contributed by atoms with Gasteiger partial charge in [0.1, 0.15) is 64.0 Å². The molecule has 0 aliphatic carbocycles. The summed E-state index contributed by atoms with van der Waals surface area (Å²) in [6.45, 7) is 30.4. The van der Waals surface area contributed by atoms with Crippen LogP contribution in [0.3, 0.4) is 0 Å². The third kappa shape index (κ3) is 11.7. The van der Waals surface area contributed by atoms with Crippen LogP contribution in [0.25, 0.3) is 33.4 Å². The molecule has 10 rings (SSSR count). The summed E-state index contributed by atoms with van der Waals surface area (Å²) in [5, 5.41) is 11.2. The first-order chi connectivity index (χ1) is 39.5. The second-order valence-corrected chi connectivity index (χ2v) is 25.1. The Morgan fingerprint density at radius 2 is 1.02 bits per heavy atom. The van der Waals surface area contributed by atoms with Crippen LogP contribution in [0.5, 0.6) is 51.7 Å². The highest BCUT2D eigenvalue weighted by molar-refractivity contribution is 7.75. The van der Waals surface area contributed by atoms with E-state index in [1.165, 1.54) is 0 Å². The molecule has 83 heavy (non-hydrogen) atoms. The van der Waals surface area contributed by atoms with Crippen LogP contribution in [-0.4, -0.2) is 16.7 Å². The number of rotatable bonds is 16. The van der Waals surface area contributed by atoms with E-state index < -0.39 is 18.9 Å². The number of ether oxygens (including phenoxy) is 5. The third-order valence-corrected chi connectivity index (χ3v) is 18.2. The molecule has 0 radical (unpaired) electrons. The lowest BCUT2D eigenvalue weighted by molar-refractivity contribution is -0.130. The topological polar surface area (TPSA) is 110 Å². The van der Waals surface area contributed by atoms with E-state index in [-0.39, 0.29) is 23.2 Å². The predicted octanol–water partition coefficient (Wildman–Crippen LogP) is 18.1. The number of phenolic OH excluding ortho intramolecular Hbond substituents is 1. The zero-order chi connectivity index (χ0) is 59.2. The zero-order valence-corrected chi connectivity index (χ0v) is 50.6. The standard InChI is InChI=1S/C73H71O9P/c1-42(2)72(75)80-57-31-32-65(67(39-57)83(76)66-22-18-16-20-61(66)60-19-15-17-21-64(60)82-83)77-41-54-25-29-56(30-26-54)55-27-23-53(24-28-55)40-73(13,14)81-69-45(5)35-59(36-46(69)6)79-71-48(8)38-63(50(10)52(71)12)62-37-47(7)70(51(11)49(62)9)78-58-33-43(3)68(74)44(4)34-58/h15-39,74H,1,40-41H2,2-14H3. The van der Waals surface area contributed by atoms with Crippen LogP contribution in [0.1, 0.15) is 87.5 Å². The van der Waals surface area contributed by atoms with Crippen molar-refractivity contribution in [2.24, 2.45) is 0 Å². The molecule has 0 spiro atoms. The minimum Gasteiger partial charge on any atom is -0.507 e. The molecular weight excluding hydrogens is 1050 g/mol. The fraction of sp³-hybridized carbons (Fsp3) is 0.219. The highest BCUT2D eigenvalue weighted by Crippen LogP contribution is 2.56. The molecular formula is C73H71O9P. The minimum absolute atomic E-state index is 0.185. The number of esters is 1. The first-order valence-electron chi connectivity index (χ1n) is 28.0. The number of para-hydroxylation sites is 1. The van der Waals surface area contributed by atoms with Gasteiger partial charge in [-0.1, -0.05) is 91.5 Å². The van der Waals surface area contributed by atoms with Crippen LogP contribution in [0, 0.1) is 69.2 Å². The van der Waals surface area contributed by atoms with E-state index >= 15 is 4.57 Å². The lowest BCUT2D eigenvalue weighted by Gasteiger charge is -2.30. The molecule has 422 valence electrons. The van der Waals surface area contributed by atoms with Crippen molar-refractivity contribution in [3.05, 3.63) is 231 Å². The number of carbonyl (C=O) groups excluding carboxylic acids is 1. The van der Waals surface area contributed by atoms with Gasteiger partial charge in [-0.25, -0.2) is 4.79 Å². The molecule has 9 nitrogen and oxygen atoms in total. The molecule has 10 heteroatoms. The van der Waals surface area contributed by atoms with Gasteiger partial charge in [-0.3, -0.25) is 4.57 Å². The Morgan fingerprint density at radius 3 is 1.58 bits per heavy atom. The summed E-state index contributed by atoms with van der Waals surface area (Å²) in [5.41, 5.74) is 18.0. The molecule has 0 aromatic heterocycles. The minimum atomic E-state index is -3.82. The third-order valence-electron chi connectivity index (χ3n) is 15.8. The fourth-order valence-electron chi connectivity index (χ4n) is 11.1. The lowest BCUT2D eigenvalue weighted by Crippen LogP contribution is -2.31. The van der Waals surface area contributed by atoms with Crippen LogP contribution in [0.2, 0.25) is 0 Å². The fourth-order valence-corrected chi connectivity index (χ4v) is 13.5. The highest BCUT2D eigenvalue weighted by atomic mass is 31.2. The van der Waals surface area contributed by atoms with E-state index in [9.17, 15) is 9.90 Å². The van der Waals surface area contributed by atoms with E-state index in [4.69, 9.17) is 28.2 Å². The average Bonchev–Trinajstić information content (AvgIpc) is 3.45. The number of aromatic hydroxyl groups is 1. The zero-order valence-electron chi connectivity index (χ0n) is 49.7. The Bertz CT molecular complexity index is 4050. The van der Waals surface area contributed by atoms with Gasteiger partial charge in [-0.05, 0) is 251 Å². The summed E-state index contributed by atoms with van der Waals surface area (Å²) >= 11 is 0. The molecule has 0 amide bonds.